The molecule has 27 heavy (non-hydrogen) atoms. The Balaban J connectivity index is 1.61. The fourth-order valence-electron chi connectivity index (χ4n) is 3.30. The van der Waals surface area contributed by atoms with Crippen LogP contribution in [0.3, 0.4) is 0 Å². The lowest BCUT2D eigenvalue weighted by molar-refractivity contribution is -0.116. The van der Waals surface area contributed by atoms with Crippen molar-refractivity contribution in [3.8, 4) is 17.2 Å². The van der Waals surface area contributed by atoms with Crippen LogP contribution in [0.5, 0.6) is 17.2 Å². The van der Waals surface area contributed by atoms with Crippen LogP contribution in [0.1, 0.15) is 37.0 Å². The zero-order chi connectivity index (χ0) is 19.4. The van der Waals surface area contributed by atoms with Gasteiger partial charge >= 0.3 is 0 Å². The summed E-state index contributed by atoms with van der Waals surface area (Å²) in [6.45, 7) is 8.86. The molecule has 1 N–H and O–H groups in total. The van der Waals surface area contributed by atoms with Crippen LogP contribution in [-0.4, -0.2) is 25.2 Å². The van der Waals surface area contributed by atoms with Crippen molar-refractivity contribution in [2.75, 3.05) is 18.5 Å². The van der Waals surface area contributed by atoms with E-state index in [1.165, 1.54) is 0 Å². The minimum Gasteiger partial charge on any atom is -0.493 e. The van der Waals surface area contributed by atoms with Crippen molar-refractivity contribution in [1.82, 2.24) is 0 Å². The van der Waals surface area contributed by atoms with Crippen molar-refractivity contribution in [3.63, 3.8) is 0 Å². The maximum absolute atomic E-state index is 12.4. The van der Waals surface area contributed by atoms with E-state index in [1.54, 1.807) is 0 Å². The lowest BCUT2D eigenvalue weighted by Gasteiger charge is -2.14. The summed E-state index contributed by atoms with van der Waals surface area (Å²) in [6, 6.07) is 9.84. The van der Waals surface area contributed by atoms with Crippen LogP contribution < -0.4 is 19.5 Å². The Hall–Kier alpha value is -2.69. The van der Waals surface area contributed by atoms with E-state index in [1.807, 2.05) is 52.0 Å². The number of fused-ring (bicyclic) bond motifs is 1. The second-order valence-corrected chi connectivity index (χ2v) is 6.99. The average Bonchev–Trinajstić information content (AvgIpc) is 2.93. The minimum absolute atomic E-state index is 0.119. The summed E-state index contributed by atoms with van der Waals surface area (Å²) >= 11 is 0. The van der Waals surface area contributed by atoms with Crippen LogP contribution in [-0.2, 0) is 11.2 Å². The number of nitrogens with one attached hydrogen (secondary N) is 1. The number of rotatable bonds is 7. The van der Waals surface area contributed by atoms with Crippen molar-refractivity contribution >= 4 is 11.6 Å². The Kier molecular flexibility index (Phi) is 5.89. The summed E-state index contributed by atoms with van der Waals surface area (Å²) < 4.78 is 17.2. The molecule has 0 radical (unpaired) electrons. The predicted molar refractivity (Wildman–Crippen MR) is 106 cm³/mol. The van der Waals surface area contributed by atoms with Crippen LogP contribution in [0, 0.1) is 13.8 Å². The molecule has 3 rings (SSSR count). The molecular weight excluding hydrogens is 342 g/mol. The number of hydrogen-bond acceptors (Lipinski definition) is 4. The van der Waals surface area contributed by atoms with Crippen molar-refractivity contribution in [2.24, 2.45) is 0 Å². The molecule has 1 unspecified atom stereocenters. The highest BCUT2D eigenvalue weighted by Crippen LogP contribution is 2.38. The molecule has 0 saturated carbocycles. The molecule has 144 valence electrons. The third kappa shape index (κ3) is 4.94. The Labute approximate surface area is 160 Å². The number of carbonyl (C=O) groups is 1. The number of benzene rings is 2. The number of aryl methyl sites for hydroxylation is 2. The van der Waals surface area contributed by atoms with Gasteiger partial charge in [-0.3, -0.25) is 4.79 Å². The molecule has 1 atom stereocenters. The number of anilines is 1. The first-order valence-corrected chi connectivity index (χ1v) is 9.42. The molecule has 0 aromatic heterocycles. The maximum Gasteiger partial charge on any atom is 0.227 e. The number of carbonyl (C=O) groups excluding carboxylic acids is 1. The van der Waals surface area contributed by atoms with Crippen molar-refractivity contribution in [1.29, 1.82) is 0 Å². The number of ether oxygens (including phenoxy) is 3. The molecule has 0 fully saturated rings. The topological polar surface area (TPSA) is 56.8 Å². The normalized spacial score (nSPS) is 15.0. The van der Waals surface area contributed by atoms with Gasteiger partial charge in [0.2, 0.25) is 5.91 Å². The van der Waals surface area contributed by atoms with E-state index in [0.717, 1.165) is 34.6 Å². The van der Waals surface area contributed by atoms with E-state index in [0.29, 0.717) is 24.7 Å². The smallest absolute Gasteiger partial charge is 0.227 e. The van der Waals surface area contributed by atoms with Crippen LogP contribution >= 0.6 is 0 Å². The largest absolute Gasteiger partial charge is 0.493 e. The lowest BCUT2D eigenvalue weighted by atomic mass is 10.1. The van der Waals surface area contributed by atoms with Gasteiger partial charge < -0.3 is 19.5 Å². The van der Waals surface area contributed by atoms with Crippen LogP contribution in [0.4, 0.5) is 5.69 Å². The van der Waals surface area contributed by atoms with E-state index in [2.05, 4.69) is 11.4 Å². The van der Waals surface area contributed by atoms with Gasteiger partial charge in [0.25, 0.3) is 0 Å². The summed E-state index contributed by atoms with van der Waals surface area (Å²) in [5, 5.41) is 2.92. The van der Waals surface area contributed by atoms with Crippen LogP contribution in [0.15, 0.2) is 30.3 Å². The second-order valence-electron chi connectivity index (χ2n) is 6.99. The fraction of sp³-hybridized carbons (Fsp3) is 0.409. The molecule has 0 aliphatic carbocycles. The summed E-state index contributed by atoms with van der Waals surface area (Å²) in [4.78, 5) is 12.4. The summed E-state index contributed by atoms with van der Waals surface area (Å²) in [7, 11) is 0. The molecule has 5 heteroatoms. The molecule has 1 amide bonds. The summed E-state index contributed by atoms with van der Waals surface area (Å²) in [6.07, 6.45) is 1.26. The Bertz CT molecular complexity index is 811. The third-order valence-electron chi connectivity index (χ3n) is 4.37. The molecular formula is C22H27NO4. The highest BCUT2D eigenvalue weighted by molar-refractivity contribution is 5.92. The molecule has 2 aromatic rings. The molecule has 0 saturated heterocycles. The SMILES string of the molecule is CCOc1cc2c(cc1NC(=O)CCOc1cc(C)cc(C)c1)OC(C)C2. The monoisotopic (exact) mass is 369 g/mol. The standard InChI is InChI=1S/C22H27NO4/c1-5-25-21-12-17-11-16(4)27-20(17)13-19(21)23-22(24)6-7-26-18-9-14(2)8-15(3)10-18/h8-10,12-13,16H,5-7,11H2,1-4H3,(H,23,24). The van der Waals surface area contributed by atoms with E-state index in [-0.39, 0.29) is 18.4 Å². The van der Waals surface area contributed by atoms with Gasteiger partial charge in [-0.15, -0.1) is 0 Å². The predicted octanol–water partition coefficient (Wildman–Crippen LogP) is 4.43. The van der Waals surface area contributed by atoms with Gasteiger partial charge in [-0.25, -0.2) is 0 Å². The first kappa shape index (κ1) is 19.1. The van der Waals surface area contributed by atoms with Gasteiger partial charge in [0.15, 0.2) is 0 Å². The molecule has 0 spiro atoms. The van der Waals surface area contributed by atoms with Gasteiger partial charge in [0.05, 0.1) is 25.3 Å². The van der Waals surface area contributed by atoms with E-state index < -0.39 is 0 Å². The average molecular weight is 369 g/mol. The summed E-state index contributed by atoms with van der Waals surface area (Å²) in [5.74, 6) is 2.16. The van der Waals surface area contributed by atoms with E-state index >= 15 is 0 Å². The van der Waals surface area contributed by atoms with E-state index in [9.17, 15) is 4.79 Å². The van der Waals surface area contributed by atoms with Crippen LogP contribution in [0.2, 0.25) is 0 Å². The number of hydrogen-bond donors (Lipinski definition) is 1. The van der Waals surface area contributed by atoms with Gasteiger partial charge in [-0.2, -0.15) is 0 Å². The van der Waals surface area contributed by atoms with Crippen molar-refractivity contribution in [2.45, 2.75) is 46.6 Å². The molecule has 2 aromatic carbocycles. The highest BCUT2D eigenvalue weighted by atomic mass is 16.5. The molecule has 1 heterocycles. The van der Waals surface area contributed by atoms with E-state index in [4.69, 9.17) is 14.2 Å². The zero-order valence-electron chi connectivity index (χ0n) is 16.4. The Morgan fingerprint density at radius 3 is 2.59 bits per heavy atom. The van der Waals surface area contributed by atoms with Gasteiger partial charge in [0, 0.05) is 18.1 Å². The zero-order valence-corrected chi connectivity index (χ0v) is 16.4. The minimum atomic E-state index is -0.119. The highest BCUT2D eigenvalue weighted by Gasteiger charge is 2.22. The summed E-state index contributed by atoms with van der Waals surface area (Å²) in [5.41, 5.74) is 4.04. The maximum atomic E-state index is 12.4. The van der Waals surface area contributed by atoms with Crippen LogP contribution in [0.25, 0.3) is 0 Å². The molecule has 1 aliphatic rings. The van der Waals surface area contributed by atoms with Gasteiger partial charge in [-0.05, 0) is 57.0 Å². The quantitative estimate of drug-likeness (QED) is 0.784. The first-order valence-electron chi connectivity index (χ1n) is 9.42. The Morgan fingerprint density at radius 2 is 1.89 bits per heavy atom. The number of amides is 1. The van der Waals surface area contributed by atoms with Crippen molar-refractivity contribution < 1.29 is 19.0 Å². The van der Waals surface area contributed by atoms with Crippen molar-refractivity contribution in [3.05, 3.63) is 47.0 Å². The lowest BCUT2D eigenvalue weighted by Crippen LogP contribution is -2.16. The second kappa shape index (κ2) is 8.33. The molecule has 1 aliphatic heterocycles. The third-order valence-corrected chi connectivity index (χ3v) is 4.37. The van der Waals surface area contributed by atoms with Gasteiger partial charge in [0.1, 0.15) is 23.4 Å². The fourth-order valence-corrected chi connectivity index (χ4v) is 3.30. The Morgan fingerprint density at radius 1 is 1.15 bits per heavy atom. The van der Waals surface area contributed by atoms with Gasteiger partial charge in [-0.1, -0.05) is 6.07 Å². The first-order chi connectivity index (χ1) is 12.9. The molecule has 5 nitrogen and oxygen atoms in total. The molecule has 0 bridgehead atoms.